The molecule has 1 fully saturated rings. The van der Waals surface area contributed by atoms with Crippen molar-refractivity contribution in [2.24, 2.45) is 5.92 Å². The smallest absolute Gasteiger partial charge is 0.155 e. The number of nitrogens with zero attached hydrogens (tertiary/aromatic N) is 4. The van der Waals surface area contributed by atoms with Gasteiger partial charge in [0.25, 0.3) is 0 Å². The fourth-order valence-electron chi connectivity index (χ4n) is 4.34. The first kappa shape index (κ1) is 14.2. The van der Waals surface area contributed by atoms with Crippen molar-refractivity contribution >= 4 is 11.0 Å². The molecule has 1 saturated carbocycles. The molecule has 2 aliphatic rings. The van der Waals surface area contributed by atoms with Crippen LogP contribution < -0.4 is 0 Å². The third-order valence-electron chi connectivity index (χ3n) is 5.61. The van der Waals surface area contributed by atoms with Crippen LogP contribution in [0.1, 0.15) is 23.7 Å². The molecule has 128 valence electrons. The average molecular weight is 345 g/mol. The first-order valence-corrected chi connectivity index (χ1v) is 8.87. The summed E-state index contributed by atoms with van der Waals surface area (Å²) in [5, 5.41) is 13.1. The summed E-state index contributed by atoms with van der Waals surface area (Å²) in [5.74, 6) is 1.07. The highest BCUT2D eigenvalue weighted by molar-refractivity contribution is 5.98. The Kier molecular flexibility index (Phi) is 2.61. The van der Waals surface area contributed by atoms with Crippen molar-refractivity contribution in [2.45, 2.75) is 25.8 Å². The van der Waals surface area contributed by atoms with Gasteiger partial charge in [-0.1, -0.05) is 0 Å². The molecule has 2 atom stereocenters. The molecule has 1 aliphatic heterocycles. The molecule has 0 radical (unpaired) electrons. The zero-order chi connectivity index (χ0) is 17.4. The Labute approximate surface area is 148 Å². The van der Waals surface area contributed by atoms with Gasteiger partial charge in [-0.15, -0.1) is 0 Å². The number of aromatic nitrogens is 5. The van der Waals surface area contributed by atoms with Gasteiger partial charge in [-0.2, -0.15) is 10.2 Å². The zero-order valence-corrected chi connectivity index (χ0v) is 14.2. The van der Waals surface area contributed by atoms with Gasteiger partial charge in [0.1, 0.15) is 11.5 Å². The van der Waals surface area contributed by atoms with E-state index in [1.165, 1.54) is 24.2 Å². The molecule has 6 rings (SSSR count). The summed E-state index contributed by atoms with van der Waals surface area (Å²) in [6.07, 6.45) is 3.06. The van der Waals surface area contributed by atoms with Crippen LogP contribution in [-0.4, -0.2) is 25.0 Å². The van der Waals surface area contributed by atoms with Crippen molar-refractivity contribution in [3.8, 4) is 22.4 Å². The maximum atomic E-state index is 13.4. The lowest BCUT2D eigenvalue weighted by molar-refractivity contribution is 0.598. The monoisotopic (exact) mass is 345 g/mol. The molecule has 0 spiro atoms. The van der Waals surface area contributed by atoms with Crippen LogP contribution in [0, 0.1) is 18.7 Å². The first-order valence-electron chi connectivity index (χ1n) is 8.87. The highest BCUT2D eigenvalue weighted by Crippen LogP contribution is 2.57. The summed E-state index contributed by atoms with van der Waals surface area (Å²) in [6, 6.07) is 8.71. The quantitative estimate of drug-likeness (QED) is 0.596. The topological polar surface area (TPSA) is 59.4 Å². The minimum Gasteiger partial charge on any atom is -0.268 e. The van der Waals surface area contributed by atoms with Gasteiger partial charge in [-0.25, -0.2) is 9.37 Å². The summed E-state index contributed by atoms with van der Waals surface area (Å²) in [6.45, 7) is 2.97. The van der Waals surface area contributed by atoms with Crippen molar-refractivity contribution in [1.82, 2.24) is 25.0 Å². The highest BCUT2D eigenvalue weighted by Gasteiger charge is 2.49. The molecule has 4 aromatic rings. The van der Waals surface area contributed by atoms with E-state index >= 15 is 0 Å². The lowest BCUT2D eigenvalue weighted by atomic mass is 9.95. The van der Waals surface area contributed by atoms with Crippen LogP contribution >= 0.6 is 0 Å². The summed E-state index contributed by atoms with van der Waals surface area (Å²) in [7, 11) is 0. The van der Waals surface area contributed by atoms with E-state index in [9.17, 15) is 4.39 Å². The predicted molar refractivity (Wildman–Crippen MR) is 96.1 cm³/mol. The fraction of sp³-hybridized carbons (Fsp3) is 0.250. The molecule has 1 N–H and O–H groups in total. The van der Waals surface area contributed by atoms with E-state index in [1.807, 2.05) is 25.3 Å². The maximum absolute atomic E-state index is 13.4. The number of hydrogen-bond acceptors (Lipinski definition) is 3. The standard InChI is InChI=1S/C20H16FN5/c1-10-6-15(16-8-22-24-20(16)23-10)17-18(11-2-4-13(21)5-3-11)25-26-9-12-7-14(12)19(17)26/h2-6,8,12,14H,7,9H2,1H3,(H,22,23,24)/t12-,14-/m1/s1. The number of halogens is 1. The summed E-state index contributed by atoms with van der Waals surface area (Å²) in [5.41, 5.74) is 7.14. The van der Waals surface area contributed by atoms with Crippen LogP contribution in [-0.2, 0) is 6.54 Å². The first-order chi connectivity index (χ1) is 12.7. The van der Waals surface area contributed by atoms with Gasteiger partial charge in [0, 0.05) is 40.2 Å². The van der Waals surface area contributed by atoms with E-state index in [-0.39, 0.29) is 5.82 Å². The van der Waals surface area contributed by atoms with E-state index in [0.29, 0.717) is 5.92 Å². The highest BCUT2D eigenvalue weighted by atomic mass is 19.1. The van der Waals surface area contributed by atoms with E-state index < -0.39 is 0 Å². The lowest BCUT2D eigenvalue weighted by Crippen LogP contribution is -1.99. The van der Waals surface area contributed by atoms with Crippen molar-refractivity contribution < 1.29 is 4.39 Å². The average Bonchev–Trinajstić information content (AvgIpc) is 2.98. The van der Waals surface area contributed by atoms with Crippen molar-refractivity contribution in [3.63, 3.8) is 0 Å². The molecule has 6 heteroatoms. The van der Waals surface area contributed by atoms with Crippen LogP contribution in [0.25, 0.3) is 33.4 Å². The molecule has 1 aromatic carbocycles. The normalized spacial score (nSPS) is 20.4. The number of H-pyrrole nitrogens is 1. The molecule has 5 nitrogen and oxygen atoms in total. The van der Waals surface area contributed by atoms with Gasteiger partial charge < -0.3 is 0 Å². The van der Waals surface area contributed by atoms with Crippen LogP contribution in [0.15, 0.2) is 36.5 Å². The fourth-order valence-corrected chi connectivity index (χ4v) is 4.34. The van der Waals surface area contributed by atoms with Gasteiger partial charge in [-0.05, 0) is 49.6 Å². The number of pyridine rings is 1. The SMILES string of the molecule is Cc1cc(-c2c(-c3ccc(F)cc3)nn3c2[C@@H]2C[C@@H]2C3)c2cn[nH]c2n1. The van der Waals surface area contributed by atoms with E-state index in [1.54, 1.807) is 0 Å². The van der Waals surface area contributed by atoms with Gasteiger partial charge in [0.2, 0.25) is 0 Å². The summed E-state index contributed by atoms with van der Waals surface area (Å²) in [4.78, 5) is 4.55. The molecule has 0 unspecified atom stereocenters. The third-order valence-corrected chi connectivity index (χ3v) is 5.61. The van der Waals surface area contributed by atoms with Gasteiger partial charge in [0.15, 0.2) is 5.65 Å². The Bertz CT molecular complexity index is 1170. The molecule has 26 heavy (non-hydrogen) atoms. The largest absolute Gasteiger partial charge is 0.268 e. The van der Waals surface area contributed by atoms with Crippen molar-refractivity contribution in [3.05, 3.63) is 53.7 Å². The minimum absolute atomic E-state index is 0.235. The Morgan fingerprint density at radius 2 is 2.08 bits per heavy atom. The molecular weight excluding hydrogens is 329 g/mol. The Balaban J connectivity index is 1.68. The summed E-state index contributed by atoms with van der Waals surface area (Å²) < 4.78 is 15.6. The molecule has 0 amide bonds. The lowest BCUT2D eigenvalue weighted by Gasteiger charge is -2.08. The van der Waals surface area contributed by atoms with E-state index in [2.05, 4.69) is 25.9 Å². The van der Waals surface area contributed by atoms with Crippen LogP contribution in [0.2, 0.25) is 0 Å². The number of aromatic amines is 1. The maximum Gasteiger partial charge on any atom is 0.155 e. The molecule has 0 saturated heterocycles. The Morgan fingerprint density at radius 3 is 2.92 bits per heavy atom. The zero-order valence-electron chi connectivity index (χ0n) is 14.2. The second-order valence-electron chi connectivity index (χ2n) is 7.34. The molecule has 0 bridgehead atoms. The molecular formula is C20H16FN5. The Morgan fingerprint density at radius 1 is 1.23 bits per heavy atom. The van der Waals surface area contributed by atoms with Crippen LogP contribution in [0.4, 0.5) is 4.39 Å². The number of hydrogen-bond donors (Lipinski definition) is 1. The predicted octanol–water partition coefficient (Wildman–Crippen LogP) is 4.05. The van der Waals surface area contributed by atoms with Crippen molar-refractivity contribution in [2.75, 3.05) is 0 Å². The van der Waals surface area contributed by atoms with E-state index in [0.717, 1.165) is 51.6 Å². The second-order valence-corrected chi connectivity index (χ2v) is 7.34. The summed E-state index contributed by atoms with van der Waals surface area (Å²) >= 11 is 0. The van der Waals surface area contributed by atoms with Crippen LogP contribution in [0.3, 0.4) is 0 Å². The van der Waals surface area contributed by atoms with Gasteiger partial charge >= 0.3 is 0 Å². The third kappa shape index (κ3) is 1.87. The second kappa shape index (κ2) is 4.78. The van der Waals surface area contributed by atoms with Gasteiger partial charge in [-0.3, -0.25) is 9.78 Å². The van der Waals surface area contributed by atoms with Crippen LogP contribution in [0.5, 0.6) is 0 Å². The number of aryl methyl sites for hydroxylation is 1. The number of rotatable bonds is 2. The number of nitrogens with one attached hydrogen (secondary N) is 1. The van der Waals surface area contributed by atoms with Crippen molar-refractivity contribution in [1.29, 1.82) is 0 Å². The minimum atomic E-state index is -0.235. The molecule has 3 aromatic heterocycles. The Hall–Kier alpha value is -3.02. The van der Waals surface area contributed by atoms with E-state index in [4.69, 9.17) is 5.10 Å². The number of fused-ring (bicyclic) bond motifs is 4. The molecule has 1 aliphatic carbocycles. The number of benzene rings is 1. The molecule has 4 heterocycles. The van der Waals surface area contributed by atoms with Gasteiger partial charge in [0.05, 0.1) is 11.9 Å².